The van der Waals surface area contributed by atoms with E-state index in [-0.39, 0.29) is 5.75 Å². The number of rotatable bonds is 9. The Morgan fingerprint density at radius 2 is 1.93 bits per heavy atom. The Bertz CT molecular complexity index is 973. The number of sulfonamides is 1. The van der Waals surface area contributed by atoms with Crippen molar-refractivity contribution in [2.75, 3.05) is 19.3 Å². The lowest BCUT2D eigenvalue weighted by Crippen LogP contribution is -2.26. The summed E-state index contributed by atoms with van der Waals surface area (Å²) in [6.07, 6.45) is 4.07. The summed E-state index contributed by atoms with van der Waals surface area (Å²) in [5, 5.41) is 4.11. The van der Waals surface area contributed by atoms with Crippen LogP contribution in [0.5, 0.6) is 0 Å². The molecule has 0 heterocycles. The Kier molecular flexibility index (Phi) is 6.30. The van der Waals surface area contributed by atoms with E-state index in [0.29, 0.717) is 24.3 Å². The monoisotopic (exact) mass is 432 g/mol. The van der Waals surface area contributed by atoms with Gasteiger partial charge in [0.2, 0.25) is 10.0 Å². The number of fused-ring (bicyclic) bond motifs is 1. The molecule has 0 bridgehead atoms. The molecule has 1 fully saturated rings. The Morgan fingerprint density at radius 1 is 1.10 bits per heavy atom. The van der Waals surface area contributed by atoms with Gasteiger partial charge in [-0.25, -0.2) is 13.1 Å². The second kappa shape index (κ2) is 8.76. The number of hydrogen-bond donors (Lipinski definition) is 2. The van der Waals surface area contributed by atoms with Gasteiger partial charge in [0.05, 0.1) is 5.75 Å². The van der Waals surface area contributed by atoms with Gasteiger partial charge < -0.3 is 5.32 Å². The van der Waals surface area contributed by atoms with Crippen molar-refractivity contribution in [3.8, 4) is 0 Å². The molecule has 2 N–H and O–H groups in total. The fraction of sp³-hybridized carbons (Fsp3) is 0.478. The van der Waals surface area contributed by atoms with Crippen LogP contribution in [-0.4, -0.2) is 27.8 Å². The second-order valence-corrected chi connectivity index (χ2v) is 10.8. The summed E-state index contributed by atoms with van der Waals surface area (Å²) in [5.41, 5.74) is 5.00. The number of benzene rings is 2. The summed E-state index contributed by atoms with van der Waals surface area (Å²) in [6, 6.07) is 14.6. The van der Waals surface area contributed by atoms with Crippen LogP contribution in [0.3, 0.4) is 0 Å². The van der Waals surface area contributed by atoms with E-state index in [2.05, 4.69) is 34.3 Å². The third kappa shape index (κ3) is 5.40. The Labute approximate surface area is 179 Å². The van der Waals surface area contributed by atoms with Gasteiger partial charge >= 0.3 is 0 Å². The van der Waals surface area contributed by atoms with Crippen molar-refractivity contribution in [1.29, 1.82) is 0 Å². The van der Waals surface area contributed by atoms with Crippen molar-refractivity contribution in [3.63, 3.8) is 0 Å². The van der Waals surface area contributed by atoms with Crippen LogP contribution in [0.2, 0.25) is 5.02 Å². The molecule has 2 atom stereocenters. The average molecular weight is 433 g/mol. The molecule has 0 saturated heterocycles. The molecule has 2 unspecified atom stereocenters. The highest BCUT2D eigenvalue weighted by Gasteiger charge is 2.32. The molecular weight excluding hydrogens is 404 g/mol. The minimum Gasteiger partial charge on any atom is -0.319 e. The lowest BCUT2D eigenvalue weighted by molar-refractivity contribution is 0.436. The maximum atomic E-state index is 12.2. The first-order chi connectivity index (χ1) is 13.9. The van der Waals surface area contributed by atoms with Gasteiger partial charge in [-0.15, -0.1) is 0 Å². The molecule has 0 aliphatic heterocycles. The third-order valence-corrected chi connectivity index (χ3v) is 7.85. The van der Waals surface area contributed by atoms with Crippen molar-refractivity contribution >= 4 is 21.6 Å². The van der Waals surface area contributed by atoms with E-state index in [1.807, 2.05) is 25.2 Å². The fourth-order valence-electron chi connectivity index (χ4n) is 4.48. The van der Waals surface area contributed by atoms with E-state index in [0.717, 1.165) is 42.8 Å². The van der Waals surface area contributed by atoms with Crippen LogP contribution >= 0.6 is 11.6 Å². The molecule has 156 valence electrons. The highest BCUT2D eigenvalue weighted by Crippen LogP contribution is 2.40. The molecule has 6 heteroatoms. The molecule has 1 saturated carbocycles. The molecule has 29 heavy (non-hydrogen) atoms. The topological polar surface area (TPSA) is 58.2 Å². The molecule has 2 aliphatic rings. The molecular formula is C23H29ClN2O2S. The first kappa shape index (κ1) is 20.9. The summed E-state index contributed by atoms with van der Waals surface area (Å²) < 4.78 is 27.3. The summed E-state index contributed by atoms with van der Waals surface area (Å²) in [7, 11) is -1.19. The zero-order valence-corrected chi connectivity index (χ0v) is 18.4. The van der Waals surface area contributed by atoms with Crippen LogP contribution < -0.4 is 10.0 Å². The number of hydrogen-bond acceptors (Lipinski definition) is 3. The van der Waals surface area contributed by atoms with Crippen LogP contribution in [0, 0.1) is 11.8 Å². The zero-order chi connectivity index (χ0) is 20.4. The van der Waals surface area contributed by atoms with Gasteiger partial charge in [-0.2, -0.15) is 0 Å². The molecule has 2 aliphatic carbocycles. The maximum Gasteiger partial charge on any atom is 0.212 e. The van der Waals surface area contributed by atoms with E-state index in [4.69, 9.17) is 11.6 Å². The molecule has 0 amide bonds. The van der Waals surface area contributed by atoms with E-state index in [1.165, 1.54) is 16.7 Å². The summed E-state index contributed by atoms with van der Waals surface area (Å²) in [4.78, 5) is 0. The normalized spacial score (nSPS) is 21.3. The van der Waals surface area contributed by atoms with Crippen molar-refractivity contribution in [3.05, 3.63) is 69.7 Å². The van der Waals surface area contributed by atoms with Crippen LogP contribution in [0.1, 0.15) is 41.0 Å². The van der Waals surface area contributed by atoms with Gasteiger partial charge in [-0.3, -0.25) is 0 Å². The molecule has 4 nitrogen and oxygen atoms in total. The SMILES string of the molecule is CNCC1Cc2ccc(CNS(=O)(=O)CC3CC3)cc2C1Cc1cccc(Cl)c1. The summed E-state index contributed by atoms with van der Waals surface area (Å²) in [5.74, 6) is 1.55. The maximum absolute atomic E-state index is 12.2. The highest BCUT2D eigenvalue weighted by molar-refractivity contribution is 7.89. The number of halogens is 1. The van der Waals surface area contributed by atoms with Crippen LogP contribution in [0.25, 0.3) is 0 Å². The largest absolute Gasteiger partial charge is 0.319 e. The predicted octanol–water partition coefficient (Wildman–Crippen LogP) is 3.89. The third-order valence-electron chi connectivity index (χ3n) is 6.12. The molecule has 0 radical (unpaired) electrons. The van der Waals surface area contributed by atoms with Gasteiger partial charge in [0.25, 0.3) is 0 Å². The highest BCUT2D eigenvalue weighted by atomic mass is 35.5. The Morgan fingerprint density at radius 3 is 2.66 bits per heavy atom. The van der Waals surface area contributed by atoms with Crippen molar-refractivity contribution < 1.29 is 8.42 Å². The lowest BCUT2D eigenvalue weighted by Gasteiger charge is -2.21. The molecule has 4 rings (SSSR count). The molecule has 2 aromatic carbocycles. The molecule has 0 spiro atoms. The average Bonchev–Trinajstić information content (AvgIpc) is 3.42. The summed E-state index contributed by atoms with van der Waals surface area (Å²) >= 11 is 6.20. The van der Waals surface area contributed by atoms with Crippen LogP contribution in [-0.2, 0) is 29.4 Å². The van der Waals surface area contributed by atoms with Gasteiger partial charge in [0.15, 0.2) is 0 Å². The lowest BCUT2D eigenvalue weighted by atomic mass is 9.86. The Hall–Kier alpha value is -1.40. The van der Waals surface area contributed by atoms with E-state index in [1.54, 1.807) is 0 Å². The van der Waals surface area contributed by atoms with Crippen LogP contribution in [0.15, 0.2) is 42.5 Å². The smallest absolute Gasteiger partial charge is 0.212 e. The number of nitrogens with one attached hydrogen (secondary N) is 2. The molecule has 2 aromatic rings. The van der Waals surface area contributed by atoms with Gasteiger partial charge in [0.1, 0.15) is 0 Å². The first-order valence-electron chi connectivity index (χ1n) is 10.4. The minimum absolute atomic E-state index is 0.263. The zero-order valence-electron chi connectivity index (χ0n) is 16.8. The summed E-state index contributed by atoms with van der Waals surface area (Å²) in [6.45, 7) is 1.33. The van der Waals surface area contributed by atoms with E-state index >= 15 is 0 Å². The molecule has 0 aromatic heterocycles. The fourth-order valence-corrected chi connectivity index (χ4v) is 6.15. The first-order valence-corrected chi connectivity index (χ1v) is 12.4. The predicted molar refractivity (Wildman–Crippen MR) is 119 cm³/mol. The van der Waals surface area contributed by atoms with E-state index < -0.39 is 10.0 Å². The van der Waals surface area contributed by atoms with E-state index in [9.17, 15) is 8.42 Å². The van der Waals surface area contributed by atoms with Gasteiger partial charge in [0, 0.05) is 11.6 Å². The quantitative estimate of drug-likeness (QED) is 0.632. The minimum atomic E-state index is -3.19. The van der Waals surface area contributed by atoms with Crippen molar-refractivity contribution in [2.45, 2.75) is 38.1 Å². The van der Waals surface area contributed by atoms with Crippen LogP contribution in [0.4, 0.5) is 0 Å². The second-order valence-electron chi connectivity index (χ2n) is 8.54. The van der Waals surface area contributed by atoms with Crippen molar-refractivity contribution in [1.82, 2.24) is 10.0 Å². The van der Waals surface area contributed by atoms with Crippen molar-refractivity contribution in [2.24, 2.45) is 11.8 Å². The van der Waals surface area contributed by atoms with Gasteiger partial charge in [-0.1, -0.05) is 41.9 Å². The van der Waals surface area contributed by atoms with Gasteiger partial charge in [-0.05, 0) is 91.4 Å². The standard InChI is InChI=1S/C23H29ClN2O2S/c1-25-14-20-12-19-8-7-18(13-26-29(27,28)15-16-5-6-16)11-22(19)23(20)10-17-3-2-4-21(24)9-17/h2-4,7-9,11,16,20,23,25-26H,5-6,10,12-15H2,1H3. The Balaban J connectivity index is 1.52.